The predicted octanol–water partition coefficient (Wildman–Crippen LogP) is 1.67. The number of anilines is 1. The van der Waals surface area contributed by atoms with Gasteiger partial charge in [-0.25, -0.2) is 0 Å². The highest BCUT2D eigenvalue weighted by Gasteiger charge is 2.26. The van der Waals surface area contributed by atoms with E-state index in [-0.39, 0.29) is 11.8 Å². The van der Waals surface area contributed by atoms with Crippen molar-refractivity contribution >= 4 is 11.6 Å². The van der Waals surface area contributed by atoms with Crippen molar-refractivity contribution in [2.45, 2.75) is 32.0 Å². The number of hydrogen-bond donors (Lipinski definition) is 2. The Balaban J connectivity index is 1.48. The summed E-state index contributed by atoms with van der Waals surface area (Å²) in [5.41, 5.74) is 0.703. The summed E-state index contributed by atoms with van der Waals surface area (Å²) in [5.74, 6) is 0.997. The van der Waals surface area contributed by atoms with Crippen LogP contribution in [0, 0.1) is 0 Å². The van der Waals surface area contributed by atoms with Crippen molar-refractivity contribution in [2.75, 3.05) is 64.8 Å². The number of piperazine rings is 1. The molecule has 2 aliphatic rings. The van der Waals surface area contributed by atoms with Crippen LogP contribution in [0.25, 0.3) is 0 Å². The Labute approximate surface area is 178 Å². The minimum atomic E-state index is -2.83. The Hall–Kier alpha value is -2.13. The second kappa shape index (κ2) is 10.8. The summed E-state index contributed by atoms with van der Waals surface area (Å²) in [6, 6.07) is 7.58. The SMILES string of the molecule is CN=C(NCC(C)N1CCN(C)CC1)NC1CCN(c2ccccc2OC(F)F)C1. The lowest BCUT2D eigenvalue weighted by atomic mass is 10.2. The van der Waals surface area contributed by atoms with Crippen LogP contribution in [0.2, 0.25) is 0 Å². The third-order valence-corrected chi connectivity index (χ3v) is 5.90. The first-order valence-electron chi connectivity index (χ1n) is 10.6. The van der Waals surface area contributed by atoms with Crippen molar-refractivity contribution in [3.8, 4) is 5.75 Å². The average Bonchev–Trinajstić information content (AvgIpc) is 3.19. The van der Waals surface area contributed by atoms with E-state index >= 15 is 0 Å². The Bertz CT molecular complexity index is 696. The van der Waals surface area contributed by atoms with Crippen molar-refractivity contribution in [3.05, 3.63) is 24.3 Å². The molecule has 2 N–H and O–H groups in total. The summed E-state index contributed by atoms with van der Waals surface area (Å²) in [6.45, 7) is 6.10. The quantitative estimate of drug-likeness (QED) is 0.513. The fraction of sp³-hybridized carbons (Fsp3) is 0.667. The van der Waals surface area contributed by atoms with Crippen LogP contribution in [0.15, 0.2) is 29.3 Å². The summed E-state index contributed by atoms with van der Waals surface area (Å²) in [5, 5.41) is 6.91. The van der Waals surface area contributed by atoms with E-state index in [0.717, 1.165) is 51.6 Å². The first-order chi connectivity index (χ1) is 14.5. The molecule has 0 spiro atoms. The number of halogens is 2. The first kappa shape index (κ1) is 22.6. The lowest BCUT2D eigenvalue weighted by molar-refractivity contribution is -0.0495. The topological polar surface area (TPSA) is 55.4 Å². The zero-order valence-electron chi connectivity index (χ0n) is 18.2. The van der Waals surface area contributed by atoms with Gasteiger partial charge in [0.05, 0.1) is 5.69 Å². The third-order valence-electron chi connectivity index (χ3n) is 5.90. The van der Waals surface area contributed by atoms with Crippen LogP contribution in [-0.4, -0.2) is 94.4 Å². The van der Waals surface area contributed by atoms with E-state index < -0.39 is 6.61 Å². The molecule has 2 fully saturated rings. The molecule has 2 saturated heterocycles. The smallest absolute Gasteiger partial charge is 0.387 e. The monoisotopic (exact) mass is 424 g/mol. The molecule has 0 saturated carbocycles. The van der Waals surface area contributed by atoms with Crippen LogP contribution in [0.1, 0.15) is 13.3 Å². The molecule has 7 nitrogen and oxygen atoms in total. The Morgan fingerprint density at radius 2 is 1.93 bits per heavy atom. The van der Waals surface area contributed by atoms with Gasteiger partial charge in [0.15, 0.2) is 5.96 Å². The second-order valence-electron chi connectivity index (χ2n) is 8.06. The van der Waals surface area contributed by atoms with Crippen LogP contribution in [0.3, 0.4) is 0 Å². The number of hydrogen-bond acceptors (Lipinski definition) is 5. The highest BCUT2D eigenvalue weighted by atomic mass is 19.3. The number of alkyl halides is 2. The Morgan fingerprint density at radius 1 is 1.20 bits per heavy atom. The number of guanidine groups is 1. The van der Waals surface area contributed by atoms with Crippen LogP contribution in [0.4, 0.5) is 14.5 Å². The summed E-state index contributed by atoms with van der Waals surface area (Å²) in [6.07, 6.45) is 0.901. The maximum absolute atomic E-state index is 12.7. The molecule has 0 radical (unpaired) electrons. The van der Waals surface area contributed by atoms with Gasteiger partial charge in [-0.05, 0) is 32.5 Å². The van der Waals surface area contributed by atoms with E-state index in [1.54, 1.807) is 19.2 Å². The Morgan fingerprint density at radius 3 is 2.63 bits per heavy atom. The molecule has 30 heavy (non-hydrogen) atoms. The fourth-order valence-corrected chi connectivity index (χ4v) is 4.04. The van der Waals surface area contributed by atoms with Gasteiger partial charge in [0.1, 0.15) is 5.75 Å². The van der Waals surface area contributed by atoms with Gasteiger partial charge in [-0.1, -0.05) is 12.1 Å². The van der Waals surface area contributed by atoms with E-state index in [4.69, 9.17) is 0 Å². The molecule has 0 amide bonds. The number of aliphatic imine (C=N–C) groups is 1. The normalized spacial score (nSPS) is 22.4. The molecule has 1 aromatic rings. The number of ether oxygens (including phenoxy) is 1. The van der Waals surface area contributed by atoms with Gasteiger partial charge in [-0.3, -0.25) is 9.89 Å². The predicted molar refractivity (Wildman–Crippen MR) is 117 cm³/mol. The average molecular weight is 425 g/mol. The Kier molecular flexibility index (Phi) is 8.09. The zero-order valence-corrected chi connectivity index (χ0v) is 18.2. The molecule has 3 rings (SSSR count). The van der Waals surface area contributed by atoms with Gasteiger partial charge in [0.25, 0.3) is 0 Å². The van der Waals surface area contributed by atoms with E-state index in [2.05, 4.69) is 49.0 Å². The minimum absolute atomic E-state index is 0.190. The van der Waals surface area contributed by atoms with Gasteiger partial charge in [0, 0.05) is 64.9 Å². The lowest BCUT2D eigenvalue weighted by Crippen LogP contribution is -2.53. The second-order valence-corrected chi connectivity index (χ2v) is 8.06. The van der Waals surface area contributed by atoms with Crippen LogP contribution >= 0.6 is 0 Å². The van der Waals surface area contributed by atoms with E-state index in [0.29, 0.717) is 18.3 Å². The molecular formula is C21H34F2N6O. The van der Waals surface area contributed by atoms with Crippen LogP contribution in [0.5, 0.6) is 5.75 Å². The van der Waals surface area contributed by atoms with Crippen molar-refractivity contribution < 1.29 is 13.5 Å². The highest BCUT2D eigenvalue weighted by molar-refractivity contribution is 5.80. The molecule has 2 heterocycles. The maximum atomic E-state index is 12.7. The number of nitrogens with one attached hydrogen (secondary N) is 2. The van der Waals surface area contributed by atoms with Gasteiger partial charge >= 0.3 is 6.61 Å². The zero-order chi connectivity index (χ0) is 21.5. The third kappa shape index (κ3) is 6.18. The summed E-state index contributed by atoms with van der Waals surface area (Å²) in [4.78, 5) is 11.3. The largest absolute Gasteiger partial charge is 0.433 e. The van der Waals surface area contributed by atoms with Crippen molar-refractivity contribution in [3.63, 3.8) is 0 Å². The van der Waals surface area contributed by atoms with Crippen molar-refractivity contribution in [2.24, 2.45) is 4.99 Å². The van der Waals surface area contributed by atoms with Crippen LogP contribution in [-0.2, 0) is 0 Å². The molecule has 1 aromatic carbocycles. The molecule has 168 valence electrons. The molecule has 0 aliphatic carbocycles. The fourth-order valence-electron chi connectivity index (χ4n) is 4.04. The molecule has 0 bridgehead atoms. The highest BCUT2D eigenvalue weighted by Crippen LogP contribution is 2.31. The number of rotatable bonds is 7. The summed E-state index contributed by atoms with van der Waals surface area (Å²) >= 11 is 0. The molecule has 9 heteroatoms. The molecular weight excluding hydrogens is 390 g/mol. The van der Waals surface area contributed by atoms with Crippen molar-refractivity contribution in [1.82, 2.24) is 20.4 Å². The van der Waals surface area contributed by atoms with Gasteiger partial charge in [-0.15, -0.1) is 0 Å². The standard InChI is InChI=1S/C21H34F2N6O/c1-16(28-12-10-27(3)11-13-28)14-25-21(24-2)26-17-8-9-29(15-17)18-6-4-5-7-19(18)30-20(22)23/h4-7,16-17,20H,8-15H2,1-3H3,(H2,24,25,26). The molecule has 0 aromatic heterocycles. The number of para-hydroxylation sites is 2. The number of likely N-dealkylation sites (N-methyl/N-ethyl adjacent to an activating group) is 1. The summed E-state index contributed by atoms with van der Waals surface area (Å²) < 4.78 is 30.1. The van der Waals surface area contributed by atoms with Gasteiger partial charge in [-0.2, -0.15) is 8.78 Å². The van der Waals surface area contributed by atoms with E-state index in [1.165, 1.54) is 0 Å². The lowest BCUT2D eigenvalue weighted by Gasteiger charge is -2.36. The van der Waals surface area contributed by atoms with E-state index in [1.807, 2.05) is 12.1 Å². The summed E-state index contributed by atoms with van der Waals surface area (Å²) in [7, 11) is 3.93. The van der Waals surface area contributed by atoms with E-state index in [9.17, 15) is 8.78 Å². The van der Waals surface area contributed by atoms with Crippen LogP contribution < -0.4 is 20.3 Å². The maximum Gasteiger partial charge on any atom is 0.387 e. The minimum Gasteiger partial charge on any atom is -0.433 e. The number of benzene rings is 1. The molecule has 2 aliphatic heterocycles. The molecule has 2 unspecified atom stereocenters. The van der Waals surface area contributed by atoms with Gasteiger partial charge in [0.2, 0.25) is 0 Å². The first-order valence-corrected chi connectivity index (χ1v) is 10.6. The molecule has 2 atom stereocenters. The van der Waals surface area contributed by atoms with Gasteiger partial charge < -0.3 is 25.2 Å². The van der Waals surface area contributed by atoms with Crippen molar-refractivity contribution in [1.29, 1.82) is 0 Å². The number of nitrogens with zero attached hydrogens (tertiary/aromatic N) is 4.